The molecule has 0 atom stereocenters. The summed E-state index contributed by atoms with van der Waals surface area (Å²) in [5.41, 5.74) is 11.5. The molecule has 4 nitrogen and oxygen atoms in total. The Morgan fingerprint density at radius 1 is 1.58 bits per heavy atom. The summed E-state index contributed by atoms with van der Waals surface area (Å²) < 4.78 is 0.789. The predicted molar refractivity (Wildman–Crippen MR) is 52.9 cm³/mol. The molecule has 0 amide bonds. The van der Waals surface area contributed by atoms with Crippen molar-refractivity contribution in [3.63, 3.8) is 0 Å². The molecule has 1 heterocycles. The summed E-state index contributed by atoms with van der Waals surface area (Å²) in [5.74, 6) is 0.204. The van der Waals surface area contributed by atoms with E-state index in [1.165, 1.54) is 5.01 Å². The third kappa shape index (κ3) is 1.50. The highest BCUT2D eigenvalue weighted by Crippen LogP contribution is 2.25. The maximum Gasteiger partial charge on any atom is 0.121 e. The Bertz CT molecular complexity index is 286. The number of rotatable bonds is 1. The average molecular weight is 229 g/mol. The molecule has 1 aliphatic rings. The van der Waals surface area contributed by atoms with Gasteiger partial charge in [0.2, 0.25) is 0 Å². The number of hydrogen-bond acceptors (Lipinski definition) is 4. The van der Waals surface area contributed by atoms with Crippen LogP contribution in [-0.4, -0.2) is 11.7 Å². The molecular weight excluding hydrogens is 220 g/mol. The number of halogens is 1. The largest absolute Gasteiger partial charge is 0.384 e. The zero-order valence-electron chi connectivity index (χ0n) is 6.37. The van der Waals surface area contributed by atoms with Gasteiger partial charge < -0.3 is 11.5 Å². The lowest BCUT2D eigenvalue weighted by Gasteiger charge is -2.20. The second-order valence-electron chi connectivity index (χ2n) is 2.15. The highest BCUT2D eigenvalue weighted by Gasteiger charge is 2.14. The summed E-state index contributed by atoms with van der Waals surface area (Å²) >= 11 is 3.30. The minimum absolute atomic E-state index is 0.204. The molecule has 0 bridgehead atoms. The molecular formula is C7H9BrN4. The van der Waals surface area contributed by atoms with Gasteiger partial charge in [-0.3, -0.25) is 0 Å². The zero-order valence-corrected chi connectivity index (χ0v) is 7.95. The van der Waals surface area contributed by atoms with Crippen LogP contribution >= 0.6 is 15.9 Å². The number of hydrogen-bond donors (Lipinski definition) is 2. The minimum atomic E-state index is 0.204. The summed E-state index contributed by atoms with van der Waals surface area (Å²) in [6.45, 7) is 3.38. The maximum absolute atomic E-state index is 5.45. The lowest BCUT2D eigenvalue weighted by atomic mass is 10.3. The zero-order chi connectivity index (χ0) is 9.14. The van der Waals surface area contributed by atoms with Crippen molar-refractivity contribution in [3.8, 4) is 0 Å². The van der Waals surface area contributed by atoms with Gasteiger partial charge in [-0.2, -0.15) is 5.10 Å². The van der Waals surface area contributed by atoms with Crippen molar-refractivity contribution < 1.29 is 0 Å². The van der Waals surface area contributed by atoms with E-state index < -0.39 is 0 Å². The molecule has 0 saturated heterocycles. The molecule has 5 heteroatoms. The first-order valence-corrected chi connectivity index (χ1v) is 4.01. The van der Waals surface area contributed by atoms with E-state index in [9.17, 15) is 0 Å². The standard InChI is InChI=1S/C7H9BrN4/c1-11-12-4-2-3-5(8)6(12)7(9)10/h2-4H,1,9-10H2. The first-order valence-electron chi connectivity index (χ1n) is 3.22. The van der Waals surface area contributed by atoms with Crippen LogP contribution in [0.4, 0.5) is 0 Å². The van der Waals surface area contributed by atoms with Crippen LogP contribution in [0, 0.1) is 0 Å². The Balaban J connectivity index is 3.11. The van der Waals surface area contributed by atoms with Crippen molar-refractivity contribution in [1.82, 2.24) is 5.01 Å². The molecule has 0 aromatic rings. The van der Waals surface area contributed by atoms with Gasteiger partial charge in [-0.1, -0.05) is 0 Å². The lowest BCUT2D eigenvalue weighted by Crippen LogP contribution is -2.22. The quantitative estimate of drug-likeness (QED) is 0.653. The Morgan fingerprint density at radius 2 is 2.25 bits per heavy atom. The lowest BCUT2D eigenvalue weighted by molar-refractivity contribution is 0.505. The summed E-state index contributed by atoms with van der Waals surface area (Å²) in [4.78, 5) is 0. The summed E-state index contributed by atoms with van der Waals surface area (Å²) in [7, 11) is 0. The highest BCUT2D eigenvalue weighted by atomic mass is 79.9. The topological polar surface area (TPSA) is 67.6 Å². The second kappa shape index (κ2) is 3.44. The van der Waals surface area contributed by atoms with E-state index in [1.54, 1.807) is 6.20 Å². The molecule has 1 aliphatic heterocycles. The van der Waals surface area contributed by atoms with Gasteiger partial charge in [0.25, 0.3) is 0 Å². The van der Waals surface area contributed by atoms with Crippen LogP contribution in [0.25, 0.3) is 0 Å². The Hall–Kier alpha value is -1.23. The monoisotopic (exact) mass is 228 g/mol. The smallest absolute Gasteiger partial charge is 0.121 e. The van der Waals surface area contributed by atoms with Gasteiger partial charge in [0.1, 0.15) is 11.5 Å². The Morgan fingerprint density at radius 3 is 2.67 bits per heavy atom. The molecule has 0 aromatic heterocycles. The summed E-state index contributed by atoms with van der Waals surface area (Å²) in [6, 6.07) is 0. The van der Waals surface area contributed by atoms with Crippen molar-refractivity contribution in [2.45, 2.75) is 0 Å². The van der Waals surface area contributed by atoms with Crippen molar-refractivity contribution in [3.05, 3.63) is 34.4 Å². The Kier molecular flexibility index (Phi) is 2.54. The van der Waals surface area contributed by atoms with Crippen molar-refractivity contribution in [2.24, 2.45) is 16.6 Å². The van der Waals surface area contributed by atoms with Crippen LogP contribution in [0.2, 0.25) is 0 Å². The van der Waals surface area contributed by atoms with Gasteiger partial charge in [-0.05, 0) is 28.1 Å². The van der Waals surface area contributed by atoms with Crippen LogP contribution in [0.1, 0.15) is 0 Å². The summed E-state index contributed by atoms with van der Waals surface area (Å²) in [5, 5.41) is 5.21. The van der Waals surface area contributed by atoms with Gasteiger partial charge in [0.15, 0.2) is 0 Å². The first kappa shape index (κ1) is 8.86. The van der Waals surface area contributed by atoms with E-state index in [4.69, 9.17) is 11.5 Å². The highest BCUT2D eigenvalue weighted by molar-refractivity contribution is 9.12. The van der Waals surface area contributed by atoms with E-state index >= 15 is 0 Å². The van der Waals surface area contributed by atoms with Gasteiger partial charge >= 0.3 is 0 Å². The molecule has 0 saturated carbocycles. The fourth-order valence-corrected chi connectivity index (χ4v) is 1.42. The summed E-state index contributed by atoms with van der Waals surface area (Å²) in [6.07, 6.45) is 5.36. The van der Waals surface area contributed by atoms with Crippen LogP contribution in [0.15, 0.2) is 39.5 Å². The van der Waals surface area contributed by atoms with Crippen LogP contribution in [-0.2, 0) is 0 Å². The third-order valence-corrected chi connectivity index (χ3v) is 1.99. The number of nitrogens with zero attached hydrogens (tertiary/aromatic N) is 2. The molecule has 12 heavy (non-hydrogen) atoms. The number of nitrogens with two attached hydrogens (primary N) is 2. The van der Waals surface area contributed by atoms with Gasteiger partial charge in [-0.25, -0.2) is 5.01 Å². The van der Waals surface area contributed by atoms with E-state index in [0.717, 1.165) is 4.48 Å². The van der Waals surface area contributed by atoms with E-state index in [2.05, 4.69) is 27.7 Å². The van der Waals surface area contributed by atoms with E-state index in [-0.39, 0.29) is 5.82 Å². The van der Waals surface area contributed by atoms with E-state index in [0.29, 0.717) is 5.70 Å². The molecule has 0 fully saturated rings. The van der Waals surface area contributed by atoms with Crippen molar-refractivity contribution in [2.75, 3.05) is 0 Å². The van der Waals surface area contributed by atoms with Crippen molar-refractivity contribution in [1.29, 1.82) is 0 Å². The maximum atomic E-state index is 5.45. The molecule has 1 rings (SSSR count). The molecule has 4 N–H and O–H groups in total. The Labute approximate surface area is 79.0 Å². The molecule has 0 aliphatic carbocycles. The molecule has 0 unspecified atom stereocenters. The third-order valence-electron chi connectivity index (χ3n) is 1.35. The van der Waals surface area contributed by atoms with Crippen LogP contribution in [0.5, 0.6) is 0 Å². The van der Waals surface area contributed by atoms with E-state index in [1.807, 2.05) is 12.2 Å². The first-order chi connectivity index (χ1) is 5.66. The normalized spacial score (nSPS) is 15.9. The molecule has 0 spiro atoms. The number of allylic oxidation sites excluding steroid dienone is 3. The van der Waals surface area contributed by atoms with Crippen LogP contribution in [0.3, 0.4) is 0 Å². The fourth-order valence-electron chi connectivity index (χ4n) is 0.860. The van der Waals surface area contributed by atoms with Gasteiger partial charge in [0.05, 0.1) is 0 Å². The average Bonchev–Trinajstić information content (AvgIpc) is 2.03. The predicted octanol–water partition coefficient (Wildman–Crippen LogP) is 0.797. The van der Waals surface area contributed by atoms with Gasteiger partial charge in [-0.15, -0.1) is 0 Å². The number of hydrazone groups is 1. The van der Waals surface area contributed by atoms with Crippen molar-refractivity contribution >= 4 is 22.6 Å². The molecule has 0 radical (unpaired) electrons. The second-order valence-corrected chi connectivity index (χ2v) is 3.00. The molecule has 64 valence electrons. The minimum Gasteiger partial charge on any atom is -0.384 e. The van der Waals surface area contributed by atoms with Gasteiger partial charge in [0, 0.05) is 17.4 Å². The van der Waals surface area contributed by atoms with Crippen LogP contribution < -0.4 is 11.5 Å². The fraction of sp³-hybridized carbons (Fsp3) is 0. The molecule has 0 aromatic carbocycles. The SMILES string of the molecule is C=NN1C=CC=C(Br)C1=C(N)N.